The minimum Gasteiger partial charge on any atom is -0.312 e. The van der Waals surface area contributed by atoms with Gasteiger partial charge in [-0.15, -0.1) is 0 Å². The van der Waals surface area contributed by atoms with Crippen molar-refractivity contribution in [3.63, 3.8) is 0 Å². The Labute approximate surface area is 119 Å². The first-order chi connectivity index (χ1) is 9.19. The summed E-state index contributed by atoms with van der Waals surface area (Å²) in [6, 6.07) is 8.85. The molecule has 0 saturated heterocycles. The highest BCUT2D eigenvalue weighted by Gasteiger charge is 2.35. The molecule has 4 unspecified atom stereocenters. The number of unbranched alkanes of at least 4 members (excludes halogenated alkanes) is 1. The third-order valence-corrected chi connectivity index (χ3v) is 6.00. The quantitative estimate of drug-likeness (QED) is 0.895. The van der Waals surface area contributed by atoms with Crippen LogP contribution in [0.25, 0.3) is 0 Å². The molecule has 1 aliphatic rings. The molecule has 0 radical (unpaired) electrons. The minimum absolute atomic E-state index is 0.241. The first-order valence-electron chi connectivity index (χ1n) is 7.32. The van der Waals surface area contributed by atoms with Crippen LogP contribution in [0.15, 0.2) is 24.3 Å². The third-order valence-electron chi connectivity index (χ3n) is 4.17. The van der Waals surface area contributed by atoms with Gasteiger partial charge in [0.05, 0.1) is 5.25 Å². The van der Waals surface area contributed by atoms with Crippen LogP contribution < -0.4 is 5.32 Å². The van der Waals surface area contributed by atoms with E-state index in [0.29, 0.717) is 5.92 Å². The Morgan fingerprint density at radius 3 is 2.63 bits per heavy atom. The standard InChI is InChI=1S/C16H25NOS/c1-4-5-10-19(18)15-11-12(2)13-8-6-7-9-14(13)16(15)17-3/h6-9,12,15-17H,4-5,10-11H2,1-3H3. The van der Waals surface area contributed by atoms with E-state index in [1.165, 1.54) is 11.1 Å². The molecule has 1 aromatic carbocycles. The van der Waals surface area contributed by atoms with Crippen LogP contribution in [0, 0.1) is 0 Å². The van der Waals surface area contributed by atoms with Gasteiger partial charge in [0, 0.05) is 22.6 Å². The lowest BCUT2D eigenvalue weighted by molar-refractivity contribution is 0.462. The summed E-state index contributed by atoms with van der Waals surface area (Å²) in [5.74, 6) is 1.35. The Hall–Kier alpha value is -0.670. The number of nitrogens with one attached hydrogen (secondary N) is 1. The largest absolute Gasteiger partial charge is 0.312 e. The zero-order chi connectivity index (χ0) is 13.8. The molecule has 19 heavy (non-hydrogen) atoms. The van der Waals surface area contributed by atoms with Gasteiger partial charge >= 0.3 is 0 Å². The molecular weight excluding hydrogens is 254 g/mol. The van der Waals surface area contributed by atoms with Crippen LogP contribution >= 0.6 is 0 Å². The Bertz CT molecular complexity index is 446. The van der Waals surface area contributed by atoms with Crippen molar-refractivity contribution in [2.24, 2.45) is 0 Å². The smallest absolute Gasteiger partial charge is 0.0548 e. The zero-order valence-corrected chi connectivity index (χ0v) is 13.0. The lowest BCUT2D eigenvalue weighted by atomic mass is 9.81. The molecule has 2 nitrogen and oxygen atoms in total. The van der Waals surface area contributed by atoms with Crippen LogP contribution in [0.4, 0.5) is 0 Å². The van der Waals surface area contributed by atoms with Gasteiger partial charge in [-0.05, 0) is 36.9 Å². The normalized spacial score (nSPS) is 27.8. The topological polar surface area (TPSA) is 29.1 Å². The number of fused-ring (bicyclic) bond motifs is 1. The lowest BCUT2D eigenvalue weighted by Crippen LogP contribution is -2.38. The second-order valence-corrected chi connectivity index (χ2v) is 7.28. The van der Waals surface area contributed by atoms with Gasteiger partial charge in [0.15, 0.2) is 0 Å². The maximum absolute atomic E-state index is 12.6. The Balaban J connectivity index is 2.26. The van der Waals surface area contributed by atoms with Crippen molar-refractivity contribution in [1.29, 1.82) is 0 Å². The fourth-order valence-corrected chi connectivity index (χ4v) is 5.06. The Morgan fingerprint density at radius 1 is 1.32 bits per heavy atom. The maximum atomic E-state index is 12.6. The summed E-state index contributed by atoms with van der Waals surface area (Å²) in [7, 11) is 1.26. The molecule has 4 atom stereocenters. The number of hydrogen-bond donors (Lipinski definition) is 1. The summed E-state index contributed by atoms with van der Waals surface area (Å²) in [6.45, 7) is 4.42. The predicted octanol–water partition coefficient (Wildman–Crippen LogP) is 3.37. The molecule has 0 heterocycles. The molecule has 0 bridgehead atoms. The molecule has 1 aliphatic carbocycles. The van der Waals surface area contributed by atoms with E-state index in [-0.39, 0.29) is 11.3 Å². The van der Waals surface area contributed by atoms with Gasteiger partial charge in [0.1, 0.15) is 0 Å². The van der Waals surface area contributed by atoms with Crippen LogP contribution in [-0.2, 0) is 10.8 Å². The minimum atomic E-state index is -0.727. The average molecular weight is 279 g/mol. The van der Waals surface area contributed by atoms with Crippen molar-refractivity contribution >= 4 is 10.8 Å². The maximum Gasteiger partial charge on any atom is 0.0548 e. The Morgan fingerprint density at radius 2 is 2.00 bits per heavy atom. The van der Waals surface area contributed by atoms with Crippen molar-refractivity contribution < 1.29 is 4.21 Å². The highest BCUT2D eigenvalue weighted by atomic mass is 32.2. The fraction of sp³-hybridized carbons (Fsp3) is 0.625. The molecule has 0 amide bonds. The second-order valence-electron chi connectivity index (χ2n) is 5.51. The molecule has 0 saturated carbocycles. The zero-order valence-electron chi connectivity index (χ0n) is 12.2. The van der Waals surface area contributed by atoms with Crippen LogP contribution in [0.2, 0.25) is 0 Å². The van der Waals surface area contributed by atoms with E-state index in [1.54, 1.807) is 0 Å². The number of benzene rings is 1. The SMILES string of the molecule is CCCCS(=O)C1CC(C)c2ccccc2C1NC. The van der Waals surface area contributed by atoms with Gasteiger partial charge in [-0.25, -0.2) is 0 Å². The number of rotatable bonds is 5. The van der Waals surface area contributed by atoms with Gasteiger partial charge in [0.25, 0.3) is 0 Å². The van der Waals surface area contributed by atoms with E-state index < -0.39 is 10.8 Å². The monoisotopic (exact) mass is 279 g/mol. The van der Waals surface area contributed by atoms with Gasteiger partial charge in [-0.2, -0.15) is 0 Å². The number of hydrogen-bond acceptors (Lipinski definition) is 2. The molecule has 1 N–H and O–H groups in total. The highest BCUT2D eigenvalue weighted by molar-refractivity contribution is 7.85. The third kappa shape index (κ3) is 3.09. The summed E-state index contributed by atoms with van der Waals surface area (Å²) in [5.41, 5.74) is 2.77. The van der Waals surface area contributed by atoms with E-state index in [9.17, 15) is 4.21 Å². The van der Waals surface area contributed by atoms with Gasteiger partial charge in [-0.3, -0.25) is 4.21 Å². The van der Waals surface area contributed by atoms with Crippen molar-refractivity contribution in [1.82, 2.24) is 5.32 Å². The van der Waals surface area contributed by atoms with E-state index in [1.807, 2.05) is 7.05 Å². The first-order valence-corrected chi connectivity index (χ1v) is 8.70. The molecule has 0 aliphatic heterocycles. The summed E-state index contributed by atoms with van der Waals surface area (Å²) in [5, 5.41) is 3.65. The molecule has 3 heteroatoms. The van der Waals surface area contributed by atoms with Crippen LogP contribution in [-0.4, -0.2) is 22.3 Å². The van der Waals surface area contributed by atoms with Crippen molar-refractivity contribution in [2.75, 3.05) is 12.8 Å². The predicted molar refractivity (Wildman–Crippen MR) is 83.0 cm³/mol. The van der Waals surface area contributed by atoms with Crippen molar-refractivity contribution in [2.45, 2.75) is 50.3 Å². The summed E-state index contributed by atoms with van der Waals surface area (Å²) >= 11 is 0. The second kappa shape index (κ2) is 6.67. The van der Waals surface area contributed by atoms with Crippen LogP contribution in [0.3, 0.4) is 0 Å². The average Bonchev–Trinajstić information content (AvgIpc) is 2.44. The van der Waals surface area contributed by atoms with Crippen molar-refractivity contribution in [3.05, 3.63) is 35.4 Å². The van der Waals surface area contributed by atoms with E-state index in [2.05, 4.69) is 43.4 Å². The van der Waals surface area contributed by atoms with Gasteiger partial charge in [-0.1, -0.05) is 44.5 Å². The first kappa shape index (κ1) is 14.7. The summed E-state index contributed by atoms with van der Waals surface area (Å²) in [6.07, 6.45) is 3.21. The van der Waals surface area contributed by atoms with E-state index >= 15 is 0 Å². The highest BCUT2D eigenvalue weighted by Crippen LogP contribution is 2.39. The fourth-order valence-electron chi connectivity index (χ4n) is 3.09. The molecule has 2 rings (SSSR count). The molecule has 0 aromatic heterocycles. The van der Waals surface area contributed by atoms with Gasteiger partial charge in [0.2, 0.25) is 0 Å². The van der Waals surface area contributed by atoms with E-state index in [4.69, 9.17) is 0 Å². The molecule has 1 aromatic rings. The molecule has 106 valence electrons. The van der Waals surface area contributed by atoms with E-state index in [0.717, 1.165) is 25.0 Å². The van der Waals surface area contributed by atoms with Crippen LogP contribution in [0.1, 0.15) is 56.2 Å². The van der Waals surface area contributed by atoms with Crippen molar-refractivity contribution in [3.8, 4) is 0 Å². The lowest BCUT2D eigenvalue weighted by Gasteiger charge is -2.36. The summed E-state index contributed by atoms with van der Waals surface area (Å²) < 4.78 is 12.6. The Kier molecular flexibility index (Phi) is 5.17. The molecule has 0 fully saturated rings. The molecule has 0 spiro atoms. The van der Waals surface area contributed by atoms with Gasteiger partial charge < -0.3 is 5.32 Å². The molecular formula is C16H25NOS. The van der Waals surface area contributed by atoms with Crippen LogP contribution in [0.5, 0.6) is 0 Å². The summed E-state index contributed by atoms with van der Waals surface area (Å²) in [4.78, 5) is 0.